The summed E-state index contributed by atoms with van der Waals surface area (Å²) < 4.78 is 5.59. The van der Waals surface area contributed by atoms with E-state index < -0.39 is 0 Å². The quantitative estimate of drug-likeness (QED) is 0.730. The summed E-state index contributed by atoms with van der Waals surface area (Å²) >= 11 is 0. The minimum absolute atomic E-state index is 0.0317. The maximum absolute atomic E-state index is 12.0. The van der Waals surface area contributed by atoms with Crippen molar-refractivity contribution in [3.8, 4) is 0 Å². The molecule has 0 aromatic heterocycles. The van der Waals surface area contributed by atoms with Crippen LogP contribution in [0.25, 0.3) is 0 Å². The van der Waals surface area contributed by atoms with Crippen molar-refractivity contribution in [2.45, 2.75) is 44.8 Å². The Balaban J connectivity index is 1.62. The topological polar surface area (TPSA) is 67.6 Å². The number of nitrogens with one attached hydrogen (secondary N) is 1. The number of nitrogens with zero attached hydrogens (tertiary/aromatic N) is 1. The van der Waals surface area contributed by atoms with E-state index in [1.807, 2.05) is 0 Å². The lowest BCUT2D eigenvalue weighted by atomic mass is 10.1. The van der Waals surface area contributed by atoms with Crippen LogP contribution in [-0.4, -0.2) is 55.7 Å². The number of hydrogen-bond acceptors (Lipinski definition) is 4. The number of likely N-dealkylation sites (tertiary alicyclic amines) is 1. The summed E-state index contributed by atoms with van der Waals surface area (Å²) in [5.74, 6) is 0.526. The van der Waals surface area contributed by atoms with Crippen LogP contribution < -0.4 is 11.1 Å². The van der Waals surface area contributed by atoms with E-state index in [2.05, 4.69) is 17.1 Å². The molecule has 1 unspecified atom stereocenters. The molecule has 19 heavy (non-hydrogen) atoms. The number of rotatable bonds is 6. The van der Waals surface area contributed by atoms with Gasteiger partial charge in [-0.3, -0.25) is 4.79 Å². The zero-order valence-electron chi connectivity index (χ0n) is 11.9. The summed E-state index contributed by atoms with van der Waals surface area (Å²) in [5.41, 5.74) is 5.55. The first kappa shape index (κ1) is 14.8. The Kier molecular flexibility index (Phi) is 5.60. The van der Waals surface area contributed by atoms with Crippen LogP contribution in [-0.2, 0) is 9.53 Å². The molecule has 0 aromatic carbocycles. The summed E-state index contributed by atoms with van der Waals surface area (Å²) in [4.78, 5) is 14.4. The smallest absolute Gasteiger partial charge is 0.249 e. The number of ether oxygens (including phenoxy) is 1. The van der Waals surface area contributed by atoms with Gasteiger partial charge >= 0.3 is 0 Å². The molecule has 0 aromatic rings. The average molecular weight is 269 g/mol. The normalized spacial score (nSPS) is 29.6. The van der Waals surface area contributed by atoms with Crippen LogP contribution in [0.1, 0.15) is 32.6 Å². The van der Waals surface area contributed by atoms with Gasteiger partial charge in [0, 0.05) is 19.6 Å². The van der Waals surface area contributed by atoms with Crippen LogP contribution in [0.3, 0.4) is 0 Å². The van der Waals surface area contributed by atoms with Gasteiger partial charge in [0.15, 0.2) is 0 Å². The van der Waals surface area contributed by atoms with E-state index in [1.165, 1.54) is 25.9 Å². The largest absolute Gasteiger partial charge is 0.364 e. The molecule has 2 saturated heterocycles. The molecule has 3 N–H and O–H groups in total. The molecule has 2 fully saturated rings. The van der Waals surface area contributed by atoms with Crippen LogP contribution in [0.15, 0.2) is 0 Å². The minimum atomic E-state index is -0.285. The fraction of sp³-hybridized carbons (Fsp3) is 0.929. The number of carbonyl (C=O) groups excluding carboxylic acids is 1. The molecule has 0 aliphatic carbocycles. The van der Waals surface area contributed by atoms with Crippen molar-refractivity contribution < 1.29 is 9.53 Å². The molecule has 110 valence electrons. The summed E-state index contributed by atoms with van der Waals surface area (Å²) in [6, 6.07) is 0. The second-order valence-corrected chi connectivity index (χ2v) is 5.92. The second kappa shape index (κ2) is 7.22. The molecule has 2 heterocycles. The van der Waals surface area contributed by atoms with Gasteiger partial charge in [-0.25, -0.2) is 0 Å². The molecule has 2 rings (SSSR count). The monoisotopic (exact) mass is 269 g/mol. The zero-order chi connectivity index (χ0) is 13.7. The van der Waals surface area contributed by atoms with Crippen molar-refractivity contribution in [3.63, 3.8) is 0 Å². The first-order valence-corrected chi connectivity index (χ1v) is 7.54. The van der Waals surface area contributed by atoms with Gasteiger partial charge in [-0.05, 0) is 44.7 Å². The molecule has 5 heteroatoms. The van der Waals surface area contributed by atoms with Crippen LogP contribution in [0.5, 0.6) is 0 Å². The van der Waals surface area contributed by atoms with Crippen LogP contribution >= 0.6 is 0 Å². The fourth-order valence-electron chi connectivity index (χ4n) is 2.93. The van der Waals surface area contributed by atoms with Gasteiger partial charge in [-0.1, -0.05) is 6.92 Å². The molecule has 0 radical (unpaired) electrons. The fourth-order valence-corrected chi connectivity index (χ4v) is 2.93. The van der Waals surface area contributed by atoms with Gasteiger partial charge in [0.1, 0.15) is 6.10 Å². The summed E-state index contributed by atoms with van der Waals surface area (Å²) in [6.45, 7) is 6.94. The lowest BCUT2D eigenvalue weighted by Gasteiger charge is -2.21. The molecule has 0 bridgehead atoms. The molecule has 2 aliphatic rings. The van der Waals surface area contributed by atoms with Gasteiger partial charge in [0.2, 0.25) is 5.91 Å². The molecule has 0 saturated carbocycles. The van der Waals surface area contributed by atoms with E-state index in [0.29, 0.717) is 12.5 Å². The third kappa shape index (κ3) is 4.44. The van der Waals surface area contributed by atoms with Gasteiger partial charge in [-0.2, -0.15) is 0 Å². The number of nitrogens with two attached hydrogens (primary N) is 1. The SMILES string of the molecule is CC(CNC(=O)[C@@H]1CC[C@H](CN)O1)CN1CCCC1. The van der Waals surface area contributed by atoms with Crippen molar-refractivity contribution in [3.05, 3.63) is 0 Å². The zero-order valence-corrected chi connectivity index (χ0v) is 11.9. The van der Waals surface area contributed by atoms with Crippen LogP contribution in [0, 0.1) is 5.92 Å². The molecular formula is C14H27N3O2. The molecule has 5 nitrogen and oxygen atoms in total. The maximum Gasteiger partial charge on any atom is 0.249 e. The molecular weight excluding hydrogens is 242 g/mol. The summed E-state index contributed by atoms with van der Waals surface area (Å²) in [7, 11) is 0. The standard InChI is InChI=1S/C14H27N3O2/c1-11(10-17-6-2-3-7-17)9-16-14(18)13-5-4-12(8-15)19-13/h11-13H,2-10,15H2,1H3,(H,16,18)/t11?,12-,13+/m1/s1. The van der Waals surface area contributed by atoms with Gasteiger partial charge < -0.3 is 20.7 Å². The minimum Gasteiger partial charge on any atom is -0.364 e. The maximum atomic E-state index is 12.0. The highest BCUT2D eigenvalue weighted by molar-refractivity contribution is 5.81. The Bertz CT molecular complexity index is 292. The number of carbonyl (C=O) groups is 1. The Morgan fingerprint density at radius 3 is 2.79 bits per heavy atom. The molecule has 3 atom stereocenters. The average Bonchev–Trinajstić information content (AvgIpc) is 3.06. The van der Waals surface area contributed by atoms with E-state index in [1.54, 1.807) is 0 Å². The predicted molar refractivity (Wildman–Crippen MR) is 74.8 cm³/mol. The lowest BCUT2D eigenvalue weighted by molar-refractivity contribution is -0.132. The molecule has 0 spiro atoms. The van der Waals surface area contributed by atoms with Crippen LogP contribution in [0.2, 0.25) is 0 Å². The third-order valence-electron chi connectivity index (χ3n) is 4.06. The van der Waals surface area contributed by atoms with E-state index in [0.717, 1.165) is 25.9 Å². The lowest BCUT2D eigenvalue weighted by Crippen LogP contribution is -2.39. The third-order valence-corrected chi connectivity index (χ3v) is 4.06. The summed E-state index contributed by atoms with van der Waals surface area (Å²) in [6.07, 6.45) is 4.11. The summed E-state index contributed by atoms with van der Waals surface area (Å²) in [5, 5.41) is 3.01. The Morgan fingerprint density at radius 2 is 2.16 bits per heavy atom. The van der Waals surface area contributed by atoms with Gasteiger partial charge in [0.25, 0.3) is 0 Å². The highest BCUT2D eigenvalue weighted by Gasteiger charge is 2.29. The Hall–Kier alpha value is -0.650. The van der Waals surface area contributed by atoms with Crippen molar-refractivity contribution in [1.29, 1.82) is 0 Å². The Morgan fingerprint density at radius 1 is 1.42 bits per heavy atom. The van der Waals surface area contributed by atoms with Crippen molar-refractivity contribution in [2.75, 3.05) is 32.7 Å². The first-order valence-electron chi connectivity index (χ1n) is 7.54. The molecule has 1 amide bonds. The van der Waals surface area contributed by atoms with E-state index in [9.17, 15) is 4.79 Å². The predicted octanol–water partition coefficient (Wildman–Crippen LogP) is 0.341. The van der Waals surface area contributed by atoms with Crippen LogP contribution in [0.4, 0.5) is 0 Å². The van der Waals surface area contributed by atoms with Crippen molar-refractivity contribution in [2.24, 2.45) is 11.7 Å². The van der Waals surface area contributed by atoms with E-state index >= 15 is 0 Å². The second-order valence-electron chi connectivity index (χ2n) is 5.92. The van der Waals surface area contributed by atoms with Crippen molar-refractivity contribution >= 4 is 5.91 Å². The van der Waals surface area contributed by atoms with E-state index in [4.69, 9.17) is 10.5 Å². The Labute approximate surface area is 115 Å². The first-order chi connectivity index (χ1) is 9.19. The molecule has 2 aliphatic heterocycles. The van der Waals surface area contributed by atoms with Gasteiger partial charge in [0.05, 0.1) is 6.10 Å². The van der Waals surface area contributed by atoms with Crippen molar-refractivity contribution in [1.82, 2.24) is 10.2 Å². The van der Waals surface area contributed by atoms with E-state index in [-0.39, 0.29) is 18.1 Å². The van der Waals surface area contributed by atoms with Gasteiger partial charge in [-0.15, -0.1) is 0 Å². The number of amides is 1. The number of hydrogen-bond donors (Lipinski definition) is 2. The highest BCUT2D eigenvalue weighted by atomic mass is 16.5. The highest BCUT2D eigenvalue weighted by Crippen LogP contribution is 2.19.